The highest BCUT2D eigenvalue weighted by Gasteiger charge is 2.21. The zero-order valence-corrected chi connectivity index (χ0v) is 16.2. The summed E-state index contributed by atoms with van der Waals surface area (Å²) in [5, 5.41) is 6.73. The first kappa shape index (κ1) is 18.5. The van der Waals surface area contributed by atoms with Crippen molar-refractivity contribution in [1.29, 1.82) is 5.53 Å². The van der Waals surface area contributed by atoms with Crippen molar-refractivity contribution in [2.45, 2.75) is 13.0 Å². The summed E-state index contributed by atoms with van der Waals surface area (Å²) < 4.78 is 2.09. The van der Waals surface area contributed by atoms with Crippen molar-refractivity contribution in [3.8, 4) is 0 Å². The molecule has 0 bridgehead atoms. The average molecular weight is 383 g/mol. The van der Waals surface area contributed by atoms with Gasteiger partial charge in [-0.05, 0) is 43.3 Å². The molecule has 4 rings (SSSR count). The van der Waals surface area contributed by atoms with Crippen molar-refractivity contribution in [2.75, 3.05) is 7.05 Å². The Morgan fingerprint density at radius 3 is 2.24 bits per heavy atom. The van der Waals surface area contributed by atoms with Gasteiger partial charge in [0.25, 0.3) is 0 Å². The van der Waals surface area contributed by atoms with Crippen molar-refractivity contribution in [2.24, 2.45) is 5.11 Å². The summed E-state index contributed by atoms with van der Waals surface area (Å²) in [7, 11) is 1.83. The van der Waals surface area contributed by atoms with Crippen LogP contribution in [0.2, 0.25) is 0 Å². The van der Waals surface area contributed by atoms with E-state index in [1.54, 1.807) is 12.4 Å². The summed E-state index contributed by atoms with van der Waals surface area (Å²) >= 11 is 0. The molecule has 29 heavy (non-hydrogen) atoms. The van der Waals surface area contributed by atoms with E-state index in [0.717, 1.165) is 33.7 Å². The number of pyridine rings is 2. The van der Waals surface area contributed by atoms with E-state index < -0.39 is 0 Å². The van der Waals surface area contributed by atoms with Gasteiger partial charge in [-0.25, -0.2) is 10.5 Å². The van der Waals surface area contributed by atoms with Crippen LogP contribution in [0.4, 0.5) is 0 Å². The summed E-state index contributed by atoms with van der Waals surface area (Å²) in [6.07, 6.45) is 5.40. The van der Waals surface area contributed by atoms with E-state index in [1.807, 2.05) is 68.8 Å². The lowest BCUT2D eigenvalue weighted by Crippen LogP contribution is -2.14. The first-order chi connectivity index (χ1) is 14.2. The van der Waals surface area contributed by atoms with E-state index in [1.165, 1.54) is 0 Å². The fraction of sp³-hybridized carbons (Fsp3) is 0.136. The zero-order valence-electron chi connectivity index (χ0n) is 16.2. The standard InChI is InChI=1S/C22H21N7/c1-15(28-23)21(24-2)16-9-10-17-20(13-16)29(14-27-17)22(18-7-3-5-11-25-18)19-8-4-6-12-26-19/h3-14,22-24H,1-2H3/b21-15-,28-23?. The molecule has 0 amide bonds. The van der Waals surface area contributed by atoms with Gasteiger partial charge in [0.2, 0.25) is 0 Å². The lowest BCUT2D eigenvalue weighted by Gasteiger charge is -2.19. The number of imidazole rings is 1. The van der Waals surface area contributed by atoms with E-state index in [4.69, 9.17) is 5.53 Å². The van der Waals surface area contributed by atoms with Crippen LogP contribution in [-0.2, 0) is 0 Å². The van der Waals surface area contributed by atoms with Gasteiger partial charge in [-0.15, -0.1) is 0 Å². The Labute approximate surface area is 168 Å². The van der Waals surface area contributed by atoms with Gasteiger partial charge in [-0.3, -0.25) is 9.97 Å². The van der Waals surface area contributed by atoms with Crippen LogP contribution in [0.5, 0.6) is 0 Å². The summed E-state index contributed by atoms with van der Waals surface area (Å²) in [6, 6.07) is 17.6. The molecule has 0 radical (unpaired) electrons. The zero-order chi connectivity index (χ0) is 20.2. The summed E-state index contributed by atoms with van der Waals surface area (Å²) in [5.74, 6) is 0. The lowest BCUT2D eigenvalue weighted by molar-refractivity contribution is 0.657. The SMILES string of the molecule is CN/C(=C(/C)N=N)c1ccc2ncn(C(c3ccccn3)c3ccccn3)c2c1. The predicted molar refractivity (Wildman–Crippen MR) is 112 cm³/mol. The smallest absolute Gasteiger partial charge is 0.119 e. The van der Waals surface area contributed by atoms with Gasteiger partial charge in [-0.2, -0.15) is 5.11 Å². The Balaban J connectivity index is 1.93. The van der Waals surface area contributed by atoms with Crippen LogP contribution < -0.4 is 5.32 Å². The molecule has 0 fully saturated rings. The molecule has 3 aromatic heterocycles. The average Bonchev–Trinajstić information content (AvgIpc) is 3.19. The highest BCUT2D eigenvalue weighted by molar-refractivity contribution is 5.81. The first-order valence-corrected chi connectivity index (χ1v) is 9.28. The van der Waals surface area contributed by atoms with Crippen molar-refractivity contribution in [3.05, 3.63) is 96.0 Å². The van der Waals surface area contributed by atoms with Crippen LogP contribution in [0.25, 0.3) is 16.7 Å². The van der Waals surface area contributed by atoms with Crippen LogP contribution in [0.3, 0.4) is 0 Å². The maximum Gasteiger partial charge on any atom is 0.119 e. The Morgan fingerprint density at radius 2 is 1.69 bits per heavy atom. The molecule has 0 spiro atoms. The minimum atomic E-state index is -0.207. The second-order valence-electron chi connectivity index (χ2n) is 6.59. The molecule has 0 unspecified atom stereocenters. The van der Waals surface area contributed by atoms with Crippen molar-refractivity contribution >= 4 is 16.7 Å². The maximum atomic E-state index is 7.35. The van der Waals surface area contributed by atoms with Crippen molar-refractivity contribution < 1.29 is 0 Å². The normalized spacial score (nSPS) is 12.1. The van der Waals surface area contributed by atoms with Gasteiger partial charge < -0.3 is 9.88 Å². The molecule has 2 N–H and O–H groups in total. The van der Waals surface area contributed by atoms with E-state index in [9.17, 15) is 0 Å². The largest absolute Gasteiger partial charge is 0.386 e. The van der Waals surface area contributed by atoms with Gasteiger partial charge in [0.1, 0.15) is 6.04 Å². The molecule has 4 aromatic rings. The summed E-state index contributed by atoms with van der Waals surface area (Å²) in [6.45, 7) is 1.81. The van der Waals surface area contributed by atoms with E-state index in [-0.39, 0.29) is 6.04 Å². The highest BCUT2D eigenvalue weighted by atomic mass is 15.1. The molecule has 0 saturated carbocycles. The van der Waals surface area contributed by atoms with Gasteiger partial charge >= 0.3 is 0 Å². The molecule has 7 nitrogen and oxygen atoms in total. The second kappa shape index (κ2) is 8.02. The number of benzene rings is 1. The minimum Gasteiger partial charge on any atom is -0.386 e. The van der Waals surface area contributed by atoms with E-state index in [2.05, 4.69) is 36.0 Å². The number of nitrogens with zero attached hydrogens (tertiary/aromatic N) is 5. The van der Waals surface area contributed by atoms with Gasteiger partial charge in [0.15, 0.2) is 0 Å². The molecule has 144 valence electrons. The molecule has 0 aliphatic carbocycles. The topological polar surface area (TPSA) is 91.8 Å². The van der Waals surface area contributed by atoms with Crippen LogP contribution in [-0.4, -0.2) is 26.6 Å². The Morgan fingerprint density at radius 1 is 1.00 bits per heavy atom. The number of hydrogen-bond acceptors (Lipinski definition) is 6. The number of hydrogen-bond donors (Lipinski definition) is 2. The fourth-order valence-corrected chi connectivity index (χ4v) is 3.49. The van der Waals surface area contributed by atoms with E-state index >= 15 is 0 Å². The number of fused-ring (bicyclic) bond motifs is 1. The van der Waals surface area contributed by atoms with Gasteiger partial charge in [0.05, 0.1) is 40.1 Å². The monoisotopic (exact) mass is 383 g/mol. The summed E-state index contributed by atoms with van der Waals surface area (Å²) in [5.41, 5.74) is 13.3. The Bertz CT molecular complexity index is 1120. The summed E-state index contributed by atoms with van der Waals surface area (Å²) in [4.78, 5) is 13.8. The quantitative estimate of drug-likeness (QED) is 0.483. The lowest BCUT2D eigenvalue weighted by atomic mass is 10.1. The van der Waals surface area contributed by atoms with E-state index in [0.29, 0.717) is 5.70 Å². The molecule has 0 atom stereocenters. The number of nitrogens with one attached hydrogen (secondary N) is 2. The molecule has 3 heterocycles. The second-order valence-corrected chi connectivity index (χ2v) is 6.59. The Kier molecular flexibility index (Phi) is 5.11. The minimum absolute atomic E-state index is 0.207. The van der Waals surface area contributed by atoms with Crippen molar-refractivity contribution in [3.63, 3.8) is 0 Å². The molecule has 0 saturated heterocycles. The van der Waals surface area contributed by atoms with Crippen molar-refractivity contribution in [1.82, 2.24) is 24.8 Å². The van der Waals surface area contributed by atoms with Gasteiger partial charge in [-0.1, -0.05) is 18.2 Å². The molecule has 7 heteroatoms. The highest BCUT2D eigenvalue weighted by Crippen LogP contribution is 2.29. The van der Waals surface area contributed by atoms with Crippen LogP contribution >= 0.6 is 0 Å². The van der Waals surface area contributed by atoms with Crippen LogP contribution in [0.15, 0.2) is 84.1 Å². The third-order valence-electron chi connectivity index (χ3n) is 4.86. The molecule has 0 aliphatic heterocycles. The molecule has 0 aliphatic rings. The van der Waals surface area contributed by atoms with Crippen LogP contribution in [0, 0.1) is 5.53 Å². The third-order valence-corrected chi connectivity index (χ3v) is 4.86. The molecular weight excluding hydrogens is 362 g/mol. The van der Waals surface area contributed by atoms with Crippen LogP contribution in [0.1, 0.15) is 29.9 Å². The fourth-order valence-electron chi connectivity index (χ4n) is 3.49. The number of aromatic nitrogens is 4. The number of rotatable bonds is 6. The molecule has 1 aromatic carbocycles. The Hall–Kier alpha value is -3.87. The third kappa shape index (κ3) is 3.50. The maximum absolute atomic E-state index is 7.35. The number of allylic oxidation sites excluding steroid dienone is 1. The first-order valence-electron chi connectivity index (χ1n) is 9.28. The predicted octanol–water partition coefficient (Wildman–Crippen LogP) is 4.40. The molecular formula is C22H21N7. The van der Waals surface area contributed by atoms with Gasteiger partial charge in [0, 0.05) is 25.0 Å².